The molecule has 1 fully saturated rings. The minimum absolute atomic E-state index is 0.0790. The van der Waals surface area contributed by atoms with Crippen LogP contribution in [0, 0.1) is 11.7 Å². The second-order valence-electron chi connectivity index (χ2n) is 4.57. The van der Waals surface area contributed by atoms with E-state index in [0.717, 1.165) is 18.4 Å². The molecule has 0 bridgehead atoms. The molecule has 1 aliphatic rings. The summed E-state index contributed by atoms with van der Waals surface area (Å²) in [6.07, 6.45) is 5.40. The normalized spacial score (nSPS) is 16.8. The lowest BCUT2D eigenvalue weighted by Gasteiger charge is -2.14. The Hall–Kier alpha value is -1.68. The Bertz CT molecular complexity index is 438. The second kappa shape index (κ2) is 5.78. The van der Waals surface area contributed by atoms with E-state index in [1.165, 1.54) is 18.2 Å². The summed E-state index contributed by atoms with van der Waals surface area (Å²) >= 11 is 0. The molecule has 1 aromatic carbocycles. The van der Waals surface area contributed by atoms with E-state index in [2.05, 4.69) is 5.32 Å². The standard InChI is InChI=1S/C14H17FN2O/c15-12-6-1-10(2-7-12)3-8-14(18)17-13(9-16)11-4-5-11/h1-3,6-8,11,13H,4-5,9,16H2,(H,17,18). The summed E-state index contributed by atoms with van der Waals surface area (Å²) in [4.78, 5) is 11.7. The van der Waals surface area contributed by atoms with E-state index in [1.54, 1.807) is 18.2 Å². The third-order valence-electron chi connectivity index (χ3n) is 3.07. The van der Waals surface area contributed by atoms with Crippen LogP contribution in [0.15, 0.2) is 30.3 Å². The molecule has 0 aromatic heterocycles. The van der Waals surface area contributed by atoms with Crippen molar-refractivity contribution in [2.75, 3.05) is 6.54 Å². The predicted octanol–water partition coefficient (Wildman–Crippen LogP) is 1.69. The van der Waals surface area contributed by atoms with Gasteiger partial charge in [0.1, 0.15) is 5.82 Å². The minimum Gasteiger partial charge on any atom is -0.348 e. The van der Waals surface area contributed by atoms with Gasteiger partial charge >= 0.3 is 0 Å². The molecule has 2 rings (SSSR count). The number of halogens is 1. The van der Waals surface area contributed by atoms with E-state index in [0.29, 0.717) is 12.5 Å². The van der Waals surface area contributed by atoms with Gasteiger partial charge in [-0.25, -0.2) is 4.39 Å². The van der Waals surface area contributed by atoms with Gasteiger partial charge in [-0.1, -0.05) is 12.1 Å². The maximum absolute atomic E-state index is 12.7. The van der Waals surface area contributed by atoms with Gasteiger partial charge in [0, 0.05) is 18.7 Å². The molecular weight excluding hydrogens is 231 g/mol. The number of amides is 1. The summed E-state index contributed by atoms with van der Waals surface area (Å²) in [5, 5.41) is 2.89. The Morgan fingerprint density at radius 1 is 1.44 bits per heavy atom. The first kappa shape index (κ1) is 12.8. The maximum Gasteiger partial charge on any atom is 0.244 e. The van der Waals surface area contributed by atoms with Crippen molar-refractivity contribution in [2.24, 2.45) is 11.7 Å². The van der Waals surface area contributed by atoms with Gasteiger partial charge in [0.25, 0.3) is 0 Å². The van der Waals surface area contributed by atoms with Gasteiger partial charge in [-0.2, -0.15) is 0 Å². The third-order valence-corrected chi connectivity index (χ3v) is 3.07. The second-order valence-corrected chi connectivity index (χ2v) is 4.57. The highest BCUT2D eigenvalue weighted by molar-refractivity contribution is 5.91. The van der Waals surface area contributed by atoms with Gasteiger partial charge in [-0.3, -0.25) is 4.79 Å². The molecule has 4 heteroatoms. The first-order valence-corrected chi connectivity index (χ1v) is 6.13. The lowest BCUT2D eigenvalue weighted by atomic mass is 10.1. The highest BCUT2D eigenvalue weighted by Crippen LogP contribution is 2.32. The fourth-order valence-corrected chi connectivity index (χ4v) is 1.84. The zero-order valence-electron chi connectivity index (χ0n) is 10.1. The van der Waals surface area contributed by atoms with Crippen molar-refractivity contribution in [1.29, 1.82) is 0 Å². The largest absolute Gasteiger partial charge is 0.348 e. The van der Waals surface area contributed by atoms with Crippen LogP contribution in [0.3, 0.4) is 0 Å². The number of hydrogen-bond donors (Lipinski definition) is 2. The zero-order chi connectivity index (χ0) is 13.0. The first-order valence-electron chi connectivity index (χ1n) is 6.13. The van der Waals surface area contributed by atoms with Gasteiger partial charge in [-0.05, 0) is 42.5 Å². The molecule has 96 valence electrons. The van der Waals surface area contributed by atoms with Gasteiger partial charge < -0.3 is 11.1 Å². The van der Waals surface area contributed by atoms with Crippen LogP contribution >= 0.6 is 0 Å². The Morgan fingerprint density at radius 3 is 2.67 bits per heavy atom. The number of benzene rings is 1. The summed E-state index contributed by atoms with van der Waals surface area (Å²) in [6, 6.07) is 6.06. The number of carbonyl (C=O) groups is 1. The van der Waals surface area contributed by atoms with Crippen LogP contribution < -0.4 is 11.1 Å². The molecule has 1 unspecified atom stereocenters. The highest BCUT2D eigenvalue weighted by atomic mass is 19.1. The number of nitrogens with two attached hydrogens (primary N) is 1. The molecule has 1 saturated carbocycles. The predicted molar refractivity (Wildman–Crippen MR) is 69.1 cm³/mol. The van der Waals surface area contributed by atoms with Crippen molar-refractivity contribution in [3.05, 3.63) is 41.7 Å². The van der Waals surface area contributed by atoms with Crippen molar-refractivity contribution >= 4 is 12.0 Å². The van der Waals surface area contributed by atoms with Crippen LogP contribution in [-0.2, 0) is 4.79 Å². The monoisotopic (exact) mass is 248 g/mol. The van der Waals surface area contributed by atoms with E-state index in [4.69, 9.17) is 5.73 Å². The van der Waals surface area contributed by atoms with Crippen molar-refractivity contribution in [3.63, 3.8) is 0 Å². The van der Waals surface area contributed by atoms with Gasteiger partial charge in [-0.15, -0.1) is 0 Å². The summed E-state index contributed by atoms with van der Waals surface area (Å²) in [6.45, 7) is 0.473. The molecule has 18 heavy (non-hydrogen) atoms. The number of carbonyl (C=O) groups excluding carboxylic acids is 1. The molecule has 3 nitrogen and oxygen atoms in total. The first-order chi connectivity index (χ1) is 8.69. The molecule has 0 heterocycles. The Kier molecular flexibility index (Phi) is 4.10. The highest BCUT2D eigenvalue weighted by Gasteiger charge is 2.30. The van der Waals surface area contributed by atoms with Crippen molar-refractivity contribution in [3.8, 4) is 0 Å². The third kappa shape index (κ3) is 3.67. The fraction of sp³-hybridized carbons (Fsp3) is 0.357. The quantitative estimate of drug-likeness (QED) is 0.779. The number of rotatable bonds is 5. The van der Waals surface area contributed by atoms with Crippen LogP contribution in [0.4, 0.5) is 4.39 Å². The molecule has 0 spiro atoms. The SMILES string of the molecule is NCC(NC(=O)C=Cc1ccc(F)cc1)C1CC1. The molecule has 0 saturated heterocycles. The molecule has 1 amide bonds. The Balaban J connectivity index is 1.88. The minimum atomic E-state index is -0.284. The molecule has 0 radical (unpaired) electrons. The van der Waals surface area contributed by atoms with E-state index < -0.39 is 0 Å². The number of hydrogen-bond acceptors (Lipinski definition) is 2. The molecule has 3 N–H and O–H groups in total. The van der Waals surface area contributed by atoms with Crippen LogP contribution in [0.2, 0.25) is 0 Å². The Labute approximate surface area is 106 Å². The van der Waals surface area contributed by atoms with Crippen LogP contribution in [0.25, 0.3) is 6.08 Å². The molecule has 0 aliphatic heterocycles. The zero-order valence-corrected chi connectivity index (χ0v) is 10.1. The Morgan fingerprint density at radius 2 is 2.11 bits per heavy atom. The van der Waals surface area contributed by atoms with E-state index in [9.17, 15) is 9.18 Å². The number of nitrogens with one attached hydrogen (secondary N) is 1. The average molecular weight is 248 g/mol. The lowest BCUT2D eigenvalue weighted by Crippen LogP contribution is -2.40. The van der Waals surface area contributed by atoms with Crippen LogP contribution in [0.1, 0.15) is 18.4 Å². The topological polar surface area (TPSA) is 55.1 Å². The van der Waals surface area contributed by atoms with Crippen LogP contribution in [0.5, 0.6) is 0 Å². The van der Waals surface area contributed by atoms with Crippen molar-refractivity contribution < 1.29 is 9.18 Å². The molecule has 1 aromatic rings. The average Bonchev–Trinajstić information content (AvgIpc) is 3.19. The summed E-state index contributed by atoms with van der Waals surface area (Å²) in [7, 11) is 0. The maximum atomic E-state index is 12.7. The molecule has 1 atom stereocenters. The van der Waals surface area contributed by atoms with Crippen LogP contribution in [-0.4, -0.2) is 18.5 Å². The summed E-state index contributed by atoms with van der Waals surface area (Å²) < 4.78 is 12.7. The van der Waals surface area contributed by atoms with Gasteiger partial charge in [0.15, 0.2) is 0 Å². The van der Waals surface area contributed by atoms with E-state index in [-0.39, 0.29) is 17.8 Å². The summed E-state index contributed by atoms with van der Waals surface area (Å²) in [5.74, 6) is 0.105. The smallest absolute Gasteiger partial charge is 0.244 e. The van der Waals surface area contributed by atoms with Crippen molar-refractivity contribution in [1.82, 2.24) is 5.32 Å². The fourth-order valence-electron chi connectivity index (χ4n) is 1.84. The molecule has 1 aliphatic carbocycles. The van der Waals surface area contributed by atoms with E-state index >= 15 is 0 Å². The van der Waals surface area contributed by atoms with Crippen molar-refractivity contribution in [2.45, 2.75) is 18.9 Å². The van der Waals surface area contributed by atoms with Gasteiger partial charge in [0.2, 0.25) is 5.91 Å². The lowest BCUT2D eigenvalue weighted by molar-refractivity contribution is -0.117. The van der Waals surface area contributed by atoms with Gasteiger partial charge in [0.05, 0.1) is 0 Å². The summed E-state index contributed by atoms with van der Waals surface area (Å²) in [5.41, 5.74) is 6.40. The van der Waals surface area contributed by atoms with E-state index in [1.807, 2.05) is 0 Å². The molecular formula is C14H17FN2O.